The summed E-state index contributed by atoms with van der Waals surface area (Å²) < 4.78 is 6.55. The van der Waals surface area contributed by atoms with Crippen LogP contribution in [-0.4, -0.2) is 16.0 Å². The molecule has 0 atom stereocenters. The fourth-order valence-electron chi connectivity index (χ4n) is 1.60. The Morgan fingerprint density at radius 2 is 1.95 bits per heavy atom. The third-order valence-electron chi connectivity index (χ3n) is 2.68. The molecule has 1 aromatic carbocycles. The smallest absolute Gasteiger partial charge is 0.321 e. The average molecular weight is 336 g/mol. The molecule has 0 fully saturated rings. The van der Waals surface area contributed by atoms with Gasteiger partial charge in [0.2, 0.25) is 0 Å². The first-order valence-corrected chi connectivity index (χ1v) is 7.32. The summed E-state index contributed by atoms with van der Waals surface area (Å²) in [4.78, 5) is 8.44. The van der Waals surface area contributed by atoms with E-state index in [2.05, 4.69) is 45.1 Å². The summed E-state index contributed by atoms with van der Waals surface area (Å²) >= 11 is 3.47. The standard InChI is InChI=1S/C15H18BrN3O/c1-10(2)17-7-12-8-18-15(19-9-12)20-14-5-4-11(3)6-13(14)16/h4-6,8-10,17H,7H2,1-3H3. The molecule has 0 aliphatic heterocycles. The number of aromatic nitrogens is 2. The topological polar surface area (TPSA) is 47.0 Å². The van der Waals surface area contributed by atoms with E-state index in [4.69, 9.17) is 4.74 Å². The first kappa shape index (κ1) is 14.9. The zero-order valence-electron chi connectivity index (χ0n) is 11.9. The van der Waals surface area contributed by atoms with Gasteiger partial charge in [-0.3, -0.25) is 0 Å². The van der Waals surface area contributed by atoms with Gasteiger partial charge in [-0.1, -0.05) is 19.9 Å². The molecule has 0 amide bonds. The molecule has 0 bridgehead atoms. The second-order valence-corrected chi connectivity index (χ2v) is 5.80. The molecule has 0 saturated carbocycles. The van der Waals surface area contributed by atoms with E-state index in [0.29, 0.717) is 17.8 Å². The zero-order valence-corrected chi connectivity index (χ0v) is 13.4. The second-order valence-electron chi connectivity index (χ2n) is 4.95. The summed E-state index contributed by atoms with van der Waals surface area (Å²) in [5.41, 5.74) is 2.20. The maximum absolute atomic E-state index is 5.66. The van der Waals surface area contributed by atoms with Crippen LogP contribution in [0.15, 0.2) is 35.1 Å². The molecule has 1 heterocycles. The Bertz CT molecular complexity index is 570. The van der Waals surface area contributed by atoms with Crippen LogP contribution in [0.4, 0.5) is 0 Å². The highest BCUT2D eigenvalue weighted by molar-refractivity contribution is 9.10. The molecule has 20 heavy (non-hydrogen) atoms. The predicted octanol–water partition coefficient (Wildman–Crippen LogP) is 3.84. The van der Waals surface area contributed by atoms with Crippen molar-refractivity contribution in [2.24, 2.45) is 0 Å². The number of nitrogens with one attached hydrogen (secondary N) is 1. The van der Waals surface area contributed by atoms with Crippen LogP contribution in [0, 0.1) is 6.92 Å². The quantitative estimate of drug-likeness (QED) is 0.901. The molecule has 5 heteroatoms. The van der Waals surface area contributed by atoms with Gasteiger partial charge in [-0.25, -0.2) is 9.97 Å². The van der Waals surface area contributed by atoms with Gasteiger partial charge in [-0.2, -0.15) is 0 Å². The number of halogens is 1. The van der Waals surface area contributed by atoms with Crippen molar-refractivity contribution < 1.29 is 4.74 Å². The second kappa shape index (κ2) is 6.81. The lowest BCUT2D eigenvalue weighted by Crippen LogP contribution is -2.21. The summed E-state index contributed by atoms with van der Waals surface area (Å²) in [5.74, 6) is 0.712. The number of hydrogen-bond donors (Lipinski definition) is 1. The van der Waals surface area contributed by atoms with Crippen LogP contribution in [0.3, 0.4) is 0 Å². The number of benzene rings is 1. The summed E-state index contributed by atoms with van der Waals surface area (Å²) in [6.45, 7) is 6.99. The molecule has 0 unspecified atom stereocenters. The van der Waals surface area contributed by atoms with E-state index in [1.54, 1.807) is 12.4 Å². The maximum atomic E-state index is 5.66. The van der Waals surface area contributed by atoms with E-state index >= 15 is 0 Å². The minimum Gasteiger partial charge on any atom is -0.423 e. The third kappa shape index (κ3) is 4.28. The van der Waals surface area contributed by atoms with Crippen molar-refractivity contribution in [3.05, 3.63) is 46.2 Å². The molecule has 2 rings (SSSR count). The lowest BCUT2D eigenvalue weighted by molar-refractivity contribution is 0.437. The molecule has 0 spiro atoms. The molecule has 4 nitrogen and oxygen atoms in total. The molecule has 1 N–H and O–H groups in total. The van der Waals surface area contributed by atoms with Gasteiger partial charge >= 0.3 is 6.01 Å². The normalized spacial score (nSPS) is 10.8. The highest BCUT2D eigenvalue weighted by Gasteiger charge is 2.05. The van der Waals surface area contributed by atoms with Crippen molar-refractivity contribution >= 4 is 15.9 Å². The van der Waals surface area contributed by atoms with Crippen molar-refractivity contribution in [3.8, 4) is 11.8 Å². The monoisotopic (exact) mass is 335 g/mol. The van der Waals surface area contributed by atoms with Gasteiger partial charge in [0.25, 0.3) is 0 Å². The van der Waals surface area contributed by atoms with Gasteiger partial charge in [0, 0.05) is 30.5 Å². The maximum Gasteiger partial charge on any atom is 0.321 e. The lowest BCUT2D eigenvalue weighted by Gasteiger charge is -2.09. The third-order valence-corrected chi connectivity index (χ3v) is 3.30. The largest absolute Gasteiger partial charge is 0.423 e. The van der Waals surface area contributed by atoms with Gasteiger partial charge in [-0.15, -0.1) is 0 Å². The molecule has 0 radical (unpaired) electrons. The van der Waals surface area contributed by atoms with Crippen LogP contribution in [0.2, 0.25) is 0 Å². The number of nitrogens with zero attached hydrogens (tertiary/aromatic N) is 2. The first-order valence-electron chi connectivity index (χ1n) is 6.53. The first-order chi connectivity index (χ1) is 9.54. The zero-order chi connectivity index (χ0) is 14.5. The lowest BCUT2D eigenvalue weighted by atomic mass is 10.2. The van der Waals surface area contributed by atoms with Crippen LogP contribution in [-0.2, 0) is 6.54 Å². The number of rotatable bonds is 5. The van der Waals surface area contributed by atoms with Crippen molar-refractivity contribution in [3.63, 3.8) is 0 Å². The number of ether oxygens (including phenoxy) is 1. The van der Waals surface area contributed by atoms with Gasteiger partial charge in [-0.05, 0) is 40.5 Å². The summed E-state index contributed by atoms with van der Waals surface area (Å²) in [6.07, 6.45) is 3.56. The van der Waals surface area contributed by atoms with Gasteiger partial charge in [0.05, 0.1) is 4.47 Å². The number of aryl methyl sites for hydroxylation is 1. The van der Waals surface area contributed by atoms with Crippen LogP contribution < -0.4 is 10.1 Å². The van der Waals surface area contributed by atoms with Gasteiger partial charge in [0.1, 0.15) is 5.75 Å². The van der Waals surface area contributed by atoms with Crippen LogP contribution in [0.1, 0.15) is 25.0 Å². The highest BCUT2D eigenvalue weighted by Crippen LogP contribution is 2.28. The van der Waals surface area contributed by atoms with E-state index in [-0.39, 0.29) is 0 Å². The summed E-state index contributed by atoms with van der Waals surface area (Å²) in [7, 11) is 0. The van der Waals surface area contributed by atoms with E-state index in [9.17, 15) is 0 Å². The Morgan fingerprint density at radius 1 is 1.25 bits per heavy atom. The van der Waals surface area contributed by atoms with Gasteiger partial charge < -0.3 is 10.1 Å². The Morgan fingerprint density at radius 3 is 2.55 bits per heavy atom. The van der Waals surface area contributed by atoms with E-state index in [1.807, 2.05) is 25.1 Å². The summed E-state index contributed by atoms with van der Waals surface area (Å²) in [5, 5.41) is 3.32. The molecular weight excluding hydrogens is 318 g/mol. The average Bonchev–Trinajstić information content (AvgIpc) is 2.41. The van der Waals surface area contributed by atoms with Crippen LogP contribution in [0.25, 0.3) is 0 Å². The number of hydrogen-bond acceptors (Lipinski definition) is 4. The van der Waals surface area contributed by atoms with Crippen molar-refractivity contribution in [2.45, 2.75) is 33.4 Å². The van der Waals surface area contributed by atoms with Crippen molar-refractivity contribution in [2.75, 3.05) is 0 Å². The minimum atomic E-state index is 0.350. The Balaban J connectivity index is 2.03. The Kier molecular flexibility index (Phi) is 5.09. The van der Waals surface area contributed by atoms with Crippen LogP contribution in [0.5, 0.6) is 11.8 Å². The molecule has 0 aliphatic rings. The van der Waals surface area contributed by atoms with E-state index < -0.39 is 0 Å². The molecule has 1 aromatic heterocycles. The van der Waals surface area contributed by atoms with Crippen molar-refractivity contribution in [1.82, 2.24) is 15.3 Å². The van der Waals surface area contributed by atoms with E-state index in [0.717, 1.165) is 16.6 Å². The van der Waals surface area contributed by atoms with E-state index in [1.165, 1.54) is 5.56 Å². The molecule has 0 saturated heterocycles. The molecule has 0 aliphatic carbocycles. The van der Waals surface area contributed by atoms with Crippen LogP contribution >= 0.6 is 15.9 Å². The predicted molar refractivity (Wildman–Crippen MR) is 83.0 cm³/mol. The molecular formula is C15H18BrN3O. The fraction of sp³-hybridized carbons (Fsp3) is 0.333. The molecule has 106 valence electrons. The SMILES string of the molecule is Cc1ccc(Oc2ncc(CNC(C)C)cn2)c(Br)c1. The molecule has 2 aromatic rings. The van der Waals surface area contributed by atoms with Gasteiger partial charge in [0.15, 0.2) is 0 Å². The fourth-order valence-corrected chi connectivity index (χ4v) is 2.17. The highest BCUT2D eigenvalue weighted by atomic mass is 79.9. The minimum absolute atomic E-state index is 0.350. The van der Waals surface area contributed by atoms with Crippen molar-refractivity contribution in [1.29, 1.82) is 0 Å². The summed E-state index contributed by atoms with van der Waals surface area (Å²) in [6, 6.07) is 6.67. The Hall–Kier alpha value is -1.46. The Labute approximate surface area is 127 Å².